The van der Waals surface area contributed by atoms with Crippen LogP contribution in [0.3, 0.4) is 0 Å². The Hall–Kier alpha value is -1.80. The van der Waals surface area contributed by atoms with Gasteiger partial charge in [0.1, 0.15) is 11.3 Å². The first kappa shape index (κ1) is 26.4. The van der Waals surface area contributed by atoms with E-state index >= 15 is 0 Å². The van der Waals surface area contributed by atoms with Crippen molar-refractivity contribution < 1.29 is 14.3 Å². The summed E-state index contributed by atoms with van der Waals surface area (Å²) < 4.78 is 5.56. The molecular formula is C23H38N4O3SSi. The molecule has 0 radical (unpaired) electrons. The van der Waals surface area contributed by atoms with Crippen LogP contribution in [0.1, 0.15) is 48.0 Å². The Morgan fingerprint density at radius 1 is 1.38 bits per heavy atom. The smallest absolute Gasteiger partial charge is 0.407 e. The van der Waals surface area contributed by atoms with Gasteiger partial charge in [-0.2, -0.15) is 4.99 Å². The third kappa shape index (κ3) is 6.85. The zero-order valence-corrected chi connectivity index (χ0v) is 22.4. The van der Waals surface area contributed by atoms with Crippen LogP contribution in [0.5, 0.6) is 0 Å². The lowest BCUT2D eigenvalue weighted by Gasteiger charge is -2.48. The molecular weight excluding hydrogens is 440 g/mol. The van der Waals surface area contributed by atoms with E-state index in [1.54, 1.807) is 12.4 Å². The number of carbonyl (C=O) groups is 1. The van der Waals surface area contributed by atoms with Crippen LogP contribution in [0.2, 0.25) is 18.1 Å². The van der Waals surface area contributed by atoms with Gasteiger partial charge >= 0.3 is 6.09 Å². The van der Waals surface area contributed by atoms with Gasteiger partial charge in [-0.05, 0) is 75.4 Å². The number of aliphatic imine (C=N–C) groups is 1. The number of alkyl carbamates (subject to hydrolysis) is 1. The molecule has 2 heterocycles. The number of piperidine rings is 1. The molecule has 1 aromatic rings. The molecule has 2 rings (SSSR count). The Kier molecular flexibility index (Phi) is 8.26. The monoisotopic (exact) mass is 478 g/mol. The number of hydrogen-bond donors (Lipinski definition) is 2. The summed E-state index contributed by atoms with van der Waals surface area (Å²) in [5.74, 6) is 0.448. The number of anilines is 1. The molecule has 1 aromatic heterocycles. The van der Waals surface area contributed by atoms with Crippen LogP contribution in [0, 0.1) is 11.8 Å². The van der Waals surface area contributed by atoms with Crippen molar-refractivity contribution >= 4 is 43.2 Å². The first-order chi connectivity index (χ1) is 14.6. The summed E-state index contributed by atoms with van der Waals surface area (Å²) in [5.41, 5.74) is 0.994. The van der Waals surface area contributed by atoms with Crippen LogP contribution in [0.4, 0.5) is 16.2 Å². The number of pyridine rings is 1. The number of hydrogen-bond acceptors (Lipinski definition) is 7. The minimum Gasteiger partial charge on any atom is -0.444 e. The van der Waals surface area contributed by atoms with E-state index in [1.807, 2.05) is 39.9 Å². The third-order valence-corrected chi connectivity index (χ3v) is 10.2. The number of rotatable bonds is 6. The van der Waals surface area contributed by atoms with E-state index in [0.29, 0.717) is 12.2 Å². The Balaban J connectivity index is 2.37. The van der Waals surface area contributed by atoms with Gasteiger partial charge in [-0.1, -0.05) is 20.8 Å². The summed E-state index contributed by atoms with van der Waals surface area (Å²) in [4.78, 5) is 34.1. The second kappa shape index (κ2) is 9.99. The number of carbonyl (C=O) groups excluding carboxylic acids is 1. The molecule has 0 unspecified atom stereocenters. The second-order valence-electron chi connectivity index (χ2n) is 11.0. The number of thiocarbonyl (C=S) groups is 1. The number of nitrogens with one attached hydrogen (secondary N) is 1. The number of ether oxygens (including phenoxy) is 1. The molecule has 1 amide bonds. The second-order valence-corrected chi connectivity index (χ2v) is 15.7. The number of isothiocyanates is 1. The molecule has 0 bridgehead atoms. The molecule has 3 atom stereocenters. The van der Waals surface area contributed by atoms with Crippen molar-refractivity contribution in [3.63, 3.8) is 0 Å². The summed E-state index contributed by atoms with van der Waals surface area (Å²) in [6, 6.07) is 1.76. The highest BCUT2D eigenvalue weighted by molar-refractivity contribution is 7.78. The fourth-order valence-electron chi connectivity index (χ4n) is 4.10. The van der Waals surface area contributed by atoms with Gasteiger partial charge in [0.15, 0.2) is 8.32 Å². The third-order valence-electron chi connectivity index (χ3n) is 6.56. The van der Waals surface area contributed by atoms with Gasteiger partial charge in [0.05, 0.1) is 23.1 Å². The van der Waals surface area contributed by atoms with Crippen LogP contribution in [-0.2, 0) is 4.74 Å². The topological polar surface area (TPSA) is 87.1 Å². The SMILES string of the molecule is C[C@H]1CN(c2ccncc2N=C=S)C[C@@H](NC(=O)OC(C)(C)C)[C@@H]1CC(C)(C)[Si](C)(C)O. The quantitative estimate of drug-likeness (QED) is 0.334. The van der Waals surface area contributed by atoms with Crippen molar-refractivity contribution in [3.8, 4) is 0 Å². The Labute approximate surface area is 198 Å². The van der Waals surface area contributed by atoms with Crippen LogP contribution in [-0.4, -0.2) is 54.1 Å². The van der Waals surface area contributed by atoms with Gasteiger partial charge in [-0.25, -0.2) is 4.79 Å². The minimum absolute atomic E-state index is 0.151. The zero-order valence-electron chi connectivity index (χ0n) is 20.6. The Morgan fingerprint density at radius 3 is 2.59 bits per heavy atom. The lowest BCUT2D eigenvalue weighted by Crippen LogP contribution is -2.58. The summed E-state index contributed by atoms with van der Waals surface area (Å²) in [6.45, 7) is 17.4. The van der Waals surface area contributed by atoms with Crippen molar-refractivity contribution in [3.05, 3.63) is 18.5 Å². The molecule has 32 heavy (non-hydrogen) atoms. The van der Waals surface area contributed by atoms with Crippen LogP contribution < -0.4 is 10.2 Å². The number of aromatic nitrogens is 1. The number of amides is 1. The molecule has 7 nitrogen and oxygen atoms in total. The first-order valence-corrected chi connectivity index (χ1v) is 14.5. The van der Waals surface area contributed by atoms with E-state index in [4.69, 9.17) is 17.0 Å². The van der Waals surface area contributed by atoms with Crippen molar-refractivity contribution in [2.75, 3.05) is 18.0 Å². The van der Waals surface area contributed by atoms with Gasteiger partial charge in [0, 0.05) is 19.3 Å². The van der Waals surface area contributed by atoms with E-state index < -0.39 is 20.0 Å². The van der Waals surface area contributed by atoms with E-state index in [-0.39, 0.29) is 22.9 Å². The first-order valence-electron chi connectivity index (χ1n) is 11.1. The maximum absolute atomic E-state index is 12.7. The van der Waals surface area contributed by atoms with Gasteiger partial charge in [0.25, 0.3) is 0 Å². The molecule has 1 fully saturated rings. The van der Waals surface area contributed by atoms with Crippen molar-refractivity contribution in [1.82, 2.24) is 10.3 Å². The molecule has 178 valence electrons. The predicted octanol–water partition coefficient (Wildman–Crippen LogP) is 5.15. The van der Waals surface area contributed by atoms with E-state index in [2.05, 4.69) is 46.1 Å². The largest absolute Gasteiger partial charge is 0.444 e. The fraction of sp³-hybridized carbons (Fsp3) is 0.696. The van der Waals surface area contributed by atoms with E-state index in [1.165, 1.54) is 0 Å². The molecule has 0 aromatic carbocycles. The molecule has 1 aliphatic rings. The van der Waals surface area contributed by atoms with Gasteiger partial charge in [-0.3, -0.25) is 4.98 Å². The van der Waals surface area contributed by atoms with Crippen LogP contribution in [0.15, 0.2) is 23.5 Å². The van der Waals surface area contributed by atoms with Crippen LogP contribution >= 0.6 is 12.2 Å². The summed E-state index contributed by atoms with van der Waals surface area (Å²) in [6.07, 6.45) is 3.80. The maximum Gasteiger partial charge on any atom is 0.407 e. The standard InChI is InChI=1S/C23H38N4O3SSi/c1-16-13-27(20-9-10-24-12-18(20)25-15-31)14-19(26-21(28)30-22(2,3)4)17(16)11-23(5,6)32(7,8)29/h9-10,12,16-17,19,29H,11,13-14H2,1-8H3,(H,26,28)/t16-,17+,19+/m0/s1. The molecule has 0 saturated carbocycles. The zero-order chi connectivity index (χ0) is 24.3. The van der Waals surface area contributed by atoms with Crippen molar-refractivity contribution in [1.29, 1.82) is 0 Å². The molecule has 9 heteroatoms. The van der Waals surface area contributed by atoms with Crippen molar-refractivity contribution in [2.24, 2.45) is 16.8 Å². The maximum atomic E-state index is 12.7. The van der Waals surface area contributed by atoms with Crippen LogP contribution in [0.25, 0.3) is 0 Å². The molecule has 2 N–H and O–H groups in total. The highest BCUT2D eigenvalue weighted by Crippen LogP contribution is 2.46. The summed E-state index contributed by atoms with van der Waals surface area (Å²) in [7, 11) is -2.41. The normalized spacial score (nSPS) is 22.2. The highest BCUT2D eigenvalue weighted by Gasteiger charge is 2.45. The molecule has 1 aliphatic heterocycles. The molecule has 0 aliphatic carbocycles. The molecule has 1 saturated heterocycles. The van der Waals surface area contributed by atoms with Gasteiger partial charge < -0.3 is 19.7 Å². The Morgan fingerprint density at radius 2 is 2.03 bits per heavy atom. The lowest BCUT2D eigenvalue weighted by molar-refractivity contribution is 0.0457. The highest BCUT2D eigenvalue weighted by atomic mass is 32.1. The number of nitrogens with zero attached hydrogens (tertiary/aromatic N) is 3. The van der Waals surface area contributed by atoms with Crippen molar-refractivity contribution in [2.45, 2.75) is 77.7 Å². The summed E-state index contributed by atoms with van der Waals surface area (Å²) >= 11 is 4.81. The van der Waals surface area contributed by atoms with E-state index in [9.17, 15) is 9.59 Å². The Bertz CT molecular complexity index is 860. The predicted molar refractivity (Wildman–Crippen MR) is 135 cm³/mol. The van der Waals surface area contributed by atoms with E-state index in [0.717, 1.165) is 18.7 Å². The van der Waals surface area contributed by atoms with Gasteiger partial charge in [0.2, 0.25) is 0 Å². The molecule has 0 spiro atoms. The lowest BCUT2D eigenvalue weighted by atomic mass is 9.77. The fourth-order valence-corrected chi connectivity index (χ4v) is 4.93. The average molecular weight is 479 g/mol. The van der Waals surface area contributed by atoms with Gasteiger partial charge in [-0.15, -0.1) is 0 Å². The minimum atomic E-state index is -2.41. The summed E-state index contributed by atoms with van der Waals surface area (Å²) in [5, 5.41) is 5.36. The average Bonchev–Trinajstić information content (AvgIpc) is 2.62.